The number of nitrogens with one attached hydrogen (secondary N) is 8. The number of fused-ring (bicyclic) bond motifs is 5. The molecule has 6 amide bonds. The summed E-state index contributed by atoms with van der Waals surface area (Å²) in [6.07, 6.45) is 0.865. The summed E-state index contributed by atoms with van der Waals surface area (Å²) in [7, 11) is -4.19. The Labute approximate surface area is 493 Å². The zero-order chi connectivity index (χ0) is 60.7. The Kier molecular flexibility index (Phi) is 18.1. The second-order valence-electron chi connectivity index (χ2n) is 20.9. The number of para-hydroxylation sites is 1. The van der Waals surface area contributed by atoms with Crippen molar-refractivity contribution in [2.75, 3.05) is 40.3 Å². The Hall–Kier alpha value is -9.43. The highest BCUT2D eigenvalue weighted by atomic mass is 32.2. The second kappa shape index (κ2) is 25.6. The maximum absolute atomic E-state index is 14.3. The molecule has 0 bridgehead atoms. The number of carbonyl (C=O) groups is 7. The number of benzene rings is 4. The number of aromatic nitrogens is 2. The van der Waals surface area contributed by atoms with Crippen LogP contribution in [0.3, 0.4) is 0 Å². The van der Waals surface area contributed by atoms with Crippen molar-refractivity contribution >= 4 is 103 Å². The molecule has 9 rings (SSSR count). The van der Waals surface area contributed by atoms with E-state index >= 15 is 0 Å². The van der Waals surface area contributed by atoms with Gasteiger partial charge in [-0.3, -0.25) is 23.9 Å². The van der Waals surface area contributed by atoms with Crippen molar-refractivity contribution in [3.05, 3.63) is 142 Å². The Balaban J connectivity index is 0.773. The number of likely N-dealkylation sites (tertiary alicyclic amines) is 1. The molecule has 0 saturated carbocycles. The lowest BCUT2D eigenvalue weighted by atomic mass is 9.85. The first-order valence-corrected chi connectivity index (χ1v) is 29.4. The molecule has 0 spiro atoms. The van der Waals surface area contributed by atoms with Crippen molar-refractivity contribution < 1.29 is 56.6 Å². The molecule has 0 aliphatic carbocycles. The van der Waals surface area contributed by atoms with Gasteiger partial charge in [-0.1, -0.05) is 64.1 Å². The lowest BCUT2D eigenvalue weighted by Gasteiger charge is -2.37. The van der Waals surface area contributed by atoms with Crippen LogP contribution < -0.4 is 47.5 Å². The number of carboxylic acids is 1. The number of amides is 6. The van der Waals surface area contributed by atoms with Gasteiger partial charge in [-0.2, -0.15) is 0 Å². The van der Waals surface area contributed by atoms with Crippen molar-refractivity contribution in [3.63, 3.8) is 0 Å². The molecule has 24 nitrogen and oxygen atoms in total. The lowest BCUT2D eigenvalue weighted by molar-refractivity contribution is -0.191. The minimum absolute atomic E-state index is 0.0577. The summed E-state index contributed by atoms with van der Waals surface area (Å²) in [4.78, 5) is 113. The number of hydrogen-bond donors (Lipinski definition) is 9. The number of rotatable bonds is 20. The Morgan fingerprint density at radius 1 is 0.835 bits per heavy atom. The molecule has 6 aromatic rings. The number of aliphatic carboxylic acids is 1. The quantitative estimate of drug-likeness (QED) is 0.0294. The van der Waals surface area contributed by atoms with Gasteiger partial charge < -0.3 is 61.3 Å². The number of hydrogen-bond acceptors (Lipinski definition) is 14. The molecule has 3 aliphatic heterocycles. The molecule has 444 valence electrons. The average Bonchev–Trinajstić information content (AvgIpc) is 1.80. The SMILES string of the molecule is CCCNC(=O)Nc1cccc(S(=O)(=O)Nc2cccc(C(CC(=O)O)NC(=O)Nc3ccc(NC(=S)NCC(=O)N4CCC[C@H]4C(=O)N[C@H](C(=O)O[C@]4(CC)C(=O)OCc5c4cc4n(c5=O)Cc5cc6ccccc6nc5-4)C(C)C)cc3)c2)c1. The number of anilines is 4. The van der Waals surface area contributed by atoms with Crippen LogP contribution in [0.5, 0.6) is 0 Å². The van der Waals surface area contributed by atoms with Gasteiger partial charge >= 0.3 is 30.0 Å². The van der Waals surface area contributed by atoms with E-state index in [1.807, 2.05) is 37.3 Å². The van der Waals surface area contributed by atoms with Crippen LogP contribution in [-0.4, -0.2) is 107 Å². The maximum atomic E-state index is 14.3. The van der Waals surface area contributed by atoms with Gasteiger partial charge in [-0.05, 0) is 122 Å². The number of ether oxygens (including phenoxy) is 2. The molecule has 1 saturated heterocycles. The fourth-order valence-electron chi connectivity index (χ4n) is 10.4. The van der Waals surface area contributed by atoms with Gasteiger partial charge in [0.15, 0.2) is 5.11 Å². The van der Waals surface area contributed by atoms with E-state index in [1.165, 1.54) is 53.4 Å². The average molecular weight is 1200 g/mol. The van der Waals surface area contributed by atoms with Crippen molar-refractivity contribution in [2.45, 2.75) is 102 Å². The molecule has 2 aromatic heterocycles. The van der Waals surface area contributed by atoms with Crippen molar-refractivity contribution in [1.82, 2.24) is 35.7 Å². The van der Waals surface area contributed by atoms with Crippen molar-refractivity contribution in [1.29, 1.82) is 0 Å². The number of nitrogens with zero attached hydrogens (tertiary/aromatic N) is 3. The van der Waals surface area contributed by atoms with Gasteiger partial charge in [0.25, 0.3) is 15.6 Å². The van der Waals surface area contributed by atoms with Crippen LogP contribution in [0.15, 0.2) is 119 Å². The van der Waals surface area contributed by atoms with Crippen LogP contribution in [0.25, 0.3) is 22.3 Å². The van der Waals surface area contributed by atoms with Gasteiger partial charge in [0.2, 0.25) is 17.4 Å². The third kappa shape index (κ3) is 13.5. The largest absolute Gasteiger partial charge is 0.481 e. The predicted octanol–water partition coefficient (Wildman–Crippen LogP) is 6.42. The maximum Gasteiger partial charge on any atom is 0.355 e. The Bertz CT molecular complexity index is 3820. The highest BCUT2D eigenvalue weighted by molar-refractivity contribution is 7.92. The van der Waals surface area contributed by atoms with Crippen molar-refractivity contribution in [3.8, 4) is 11.4 Å². The number of cyclic esters (lactones) is 1. The zero-order valence-electron chi connectivity index (χ0n) is 46.8. The molecule has 1 unspecified atom stereocenters. The van der Waals surface area contributed by atoms with E-state index in [4.69, 9.17) is 26.7 Å². The zero-order valence-corrected chi connectivity index (χ0v) is 48.4. The topological polar surface area (TPSA) is 327 Å². The second-order valence-corrected chi connectivity index (χ2v) is 23.0. The highest BCUT2D eigenvalue weighted by Crippen LogP contribution is 2.41. The molecule has 26 heteroatoms. The summed E-state index contributed by atoms with van der Waals surface area (Å²) >= 11 is 5.47. The number of sulfonamides is 1. The molecular weight excluding hydrogens is 1130 g/mol. The first kappa shape index (κ1) is 60.2. The number of thiocarbonyl (C=S) groups is 1. The molecule has 4 aromatic carbocycles. The van der Waals surface area contributed by atoms with E-state index in [2.05, 4.69) is 41.9 Å². The first-order valence-electron chi connectivity index (χ1n) is 27.5. The normalized spacial score (nSPS) is 16.6. The number of carbonyl (C=O) groups excluding carboxylic acids is 6. The van der Waals surface area contributed by atoms with Gasteiger partial charge in [-0.25, -0.2) is 32.6 Å². The van der Waals surface area contributed by atoms with Crippen LogP contribution in [0.1, 0.15) is 88.1 Å². The van der Waals surface area contributed by atoms with E-state index in [0.29, 0.717) is 48.6 Å². The Morgan fingerprint density at radius 2 is 1.55 bits per heavy atom. The standard InChI is InChI=1S/C59H63N11O13S2/c1-5-23-60-56(78)63-39-14-10-16-41(27-39)85(80,81)68-40-15-9-13-35(26-40)45(29-49(72)73)66-57(79)62-37-19-21-38(22-20-37)64-58(84)61-30-48(71)69-24-11-18-46(69)52(74)67-50(33(3)4)54(76)83-59(6-2)43-28-47-51-36(25-34-12-7-8-17-44(34)65-51)31-70(47)53(75)42(43)32-82-55(59)77/h7-10,12-17,19-22,25-28,33,45-46,50,68H,5-6,11,18,23-24,29-32H2,1-4H3,(H,67,74)(H,72,73)(H2,60,63,78)(H2,61,64,84)(H2,62,66,79)/t45?,46-,50-,59-/m0/s1. The fourth-order valence-corrected chi connectivity index (χ4v) is 11.7. The molecule has 5 heterocycles. The minimum atomic E-state index is -4.19. The number of esters is 2. The molecular formula is C59H63N11O13S2. The molecule has 85 heavy (non-hydrogen) atoms. The van der Waals surface area contributed by atoms with Crippen LogP contribution in [-0.2, 0) is 62.2 Å². The lowest BCUT2D eigenvalue weighted by Crippen LogP contribution is -2.56. The minimum Gasteiger partial charge on any atom is -0.481 e. The number of urea groups is 2. The van der Waals surface area contributed by atoms with Crippen LogP contribution in [0.4, 0.5) is 32.3 Å². The summed E-state index contributed by atoms with van der Waals surface area (Å²) in [6, 6.07) is 24.4. The van der Waals surface area contributed by atoms with E-state index in [1.54, 1.807) is 55.7 Å². The monoisotopic (exact) mass is 1200 g/mol. The number of pyridine rings is 2. The van der Waals surface area contributed by atoms with E-state index < -0.39 is 93.4 Å². The van der Waals surface area contributed by atoms with Crippen LogP contribution >= 0.6 is 12.2 Å². The molecule has 1 fully saturated rings. The third-order valence-corrected chi connectivity index (χ3v) is 16.3. The fraction of sp³-hybridized carbons (Fsp3) is 0.322. The van der Waals surface area contributed by atoms with E-state index in [9.17, 15) is 51.9 Å². The molecule has 3 aliphatic rings. The summed E-state index contributed by atoms with van der Waals surface area (Å²) in [5, 5.41) is 29.8. The van der Waals surface area contributed by atoms with Gasteiger partial charge in [0.1, 0.15) is 18.7 Å². The summed E-state index contributed by atoms with van der Waals surface area (Å²) in [5.41, 5.74) is 1.92. The summed E-state index contributed by atoms with van der Waals surface area (Å²) < 4.78 is 42.5. The van der Waals surface area contributed by atoms with Crippen LogP contribution in [0, 0.1) is 5.92 Å². The first-order chi connectivity index (χ1) is 40.7. The van der Waals surface area contributed by atoms with Gasteiger partial charge in [0, 0.05) is 52.4 Å². The van der Waals surface area contributed by atoms with Crippen molar-refractivity contribution in [2.24, 2.45) is 5.92 Å². The highest BCUT2D eigenvalue weighted by Gasteiger charge is 2.52. The molecule has 9 N–H and O–H groups in total. The summed E-state index contributed by atoms with van der Waals surface area (Å²) in [5.74, 6) is -4.63. The Morgan fingerprint density at radius 3 is 2.28 bits per heavy atom. The van der Waals surface area contributed by atoms with E-state index in [-0.39, 0.29) is 70.7 Å². The molecule has 4 atom stereocenters. The molecule has 0 radical (unpaired) electrons. The summed E-state index contributed by atoms with van der Waals surface area (Å²) in [6.45, 7) is 7.24. The van der Waals surface area contributed by atoms with Gasteiger partial charge in [-0.15, -0.1) is 0 Å². The van der Waals surface area contributed by atoms with Gasteiger partial charge in [0.05, 0.1) is 52.9 Å². The third-order valence-electron chi connectivity index (χ3n) is 14.7. The van der Waals surface area contributed by atoms with E-state index in [0.717, 1.165) is 16.5 Å². The smallest absolute Gasteiger partial charge is 0.355 e. The number of carboxylic acid groups (broad SMARTS) is 1. The van der Waals surface area contributed by atoms with Crippen LogP contribution in [0.2, 0.25) is 0 Å². The predicted molar refractivity (Wildman–Crippen MR) is 319 cm³/mol.